The molecule has 0 saturated carbocycles. The van der Waals surface area contributed by atoms with Gasteiger partial charge in [0.15, 0.2) is 0 Å². The Balaban J connectivity index is 0.000000151. The van der Waals surface area contributed by atoms with Gasteiger partial charge in [-0.3, -0.25) is 9.59 Å². The normalized spacial score (nSPS) is 20.2. The Labute approximate surface area is 234 Å². The number of amides is 2. The van der Waals surface area contributed by atoms with Gasteiger partial charge in [-0.25, -0.2) is 0 Å². The second-order valence-electron chi connectivity index (χ2n) is 10.9. The highest BCUT2D eigenvalue weighted by atomic mass is 32.1. The Hall–Kier alpha value is -3.26. The van der Waals surface area contributed by atoms with E-state index in [1.54, 1.807) is 11.3 Å². The molecule has 2 fully saturated rings. The standard InChI is InChI=1S/C19H20N2OS.C13H16N2O/c1-12-5-6-14(23-12)11-16-18-15(13-7-9-20-10-8-13)3-2-4-17(18)21-19(16)22;16-13-8-11-10(2-1-3-12(11)15-13)9-4-6-14-7-5-9/h2-6,11,13,20H,7-10H2,1H3,(H,21,22);1-3,9,14H,4-8H2,(H,15,16). The molecule has 2 saturated heterocycles. The molecule has 1 aromatic heterocycles. The van der Waals surface area contributed by atoms with Crippen molar-refractivity contribution in [1.29, 1.82) is 0 Å². The molecule has 4 N–H and O–H groups in total. The van der Waals surface area contributed by atoms with Crippen molar-refractivity contribution in [2.45, 2.75) is 50.9 Å². The van der Waals surface area contributed by atoms with E-state index in [0.717, 1.165) is 66.4 Å². The maximum absolute atomic E-state index is 12.5. The average Bonchev–Trinajstić information content (AvgIpc) is 3.65. The van der Waals surface area contributed by atoms with Crippen LogP contribution in [0.25, 0.3) is 11.6 Å². The van der Waals surface area contributed by atoms with Crippen LogP contribution in [0.2, 0.25) is 0 Å². The molecule has 7 rings (SSSR count). The van der Waals surface area contributed by atoms with Crippen molar-refractivity contribution in [3.05, 3.63) is 80.5 Å². The average molecular weight is 541 g/mol. The van der Waals surface area contributed by atoms with Crippen LogP contribution in [0.1, 0.15) is 69.5 Å². The fourth-order valence-corrected chi connectivity index (χ4v) is 7.17. The number of thiophene rings is 1. The summed E-state index contributed by atoms with van der Waals surface area (Å²) in [7, 11) is 0. The summed E-state index contributed by atoms with van der Waals surface area (Å²) >= 11 is 1.73. The molecule has 0 unspecified atom stereocenters. The van der Waals surface area contributed by atoms with Gasteiger partial charge in [0.2, 0.25) is 5.91 Å². The zero-order valence-electron chi connectivity index (χ0n) is 22.4. The third-order valence-electron chi connectivity index (χ3n) is 8.29. The van der Waals surface area contributed by atoms with Gasteiger partial charge in [0, 0.05) is 26.7 Å². The SMILES string of the molecule is Cc1ccc(C=C2C(=O)Nc3cccc(C4CCNCC4)c32)s1.O=C1Cc2c(cccc2C2CCNCC2)N1. The van der Waals surface area contributed by atoms with Gasteiger partial charge < -0.3 is 21.3 Å². The minimum Gasteiger partial charge on any atom is -0.326 e. The molecule has 0 bridgehead atoms. The summed E-state index contributed by atoms with van der Waals surface area (Å²) in [6.07, 6.45) is 7.25. The number of nitrogens with one attached hydrogen (secondary N) is 4. The number of benzene rings is 2. The lowest BCUT2D eigenvalue weighted by atomic mass is 9.85. The van der Waals surface area contributed by atoms with Gasteiger partial charge in [-0.2, -0.15) is 0 Å². The van der Waals surface area contributed by atoms with Crippen molar-refractivity contribution >= 4 is 46.2 Å². The number of rotatable bonds is 3. The number of piperidine rings is 2. The summed E-state index contributed by atoms with van der Waals surface area (Å²) in [6.45, 7) is 6.39. The first-order chi connectivity index (χ1) is 19.1. The zero-order valence-corrected chi connectivity index (χ0v) is 23.3. The number of carbonyl (C=O) groups excluding carboxylic acids is 2. The zero-order chi connectivity index (χ0) is 26.8. The van der Waals surface area contributed by atoms with E-state index < -0.39 is 0 Å². The molecule has 4 aliphatic heterocycles. The van der Waals surface area contributed by atoms with Crippen molar-refractivity contribution in [2.24, 2.45) is 0 Å². The lowest BCUT2D eigenvalue weighted by Gasteiger charge is -2.24. The van der Waals surface area contributed by atoms with Crippen LogP contribution in [0.15, 0.2) is 48.5 Å². The van der Waals surface area contributed by atoms with Crippen molar-refractivity contribution in [2.75, 3.05) is 36.8 Å². The number of carbonyl (C=O) groups is 2. The van der Waals surface area contributed by atoms with E-state index in [4.69, 9.17) is 0 Å². The van der Waals surface area contributed by atoms with Crippen LogP contribution in [0.4, 0.5) is 11.4 Å². The molecule has 0 radical (unpaired) electrons. The van der Waals surface area contributed by atoms with E-state index in [-0.39, 0.29) is 11.8 Å². The van der Waals surface area contributed by atoms with Crippen LogP contribution in [0.3, 0.4) is 0 Å². The maximum atomic E-state index is 12.5. The molecule has 0 spiro atoms. The van der Waals surface area contributed by atoms with Crippen molar-refractivity contribution in [3.8, 4) is 0 Å². The predicted octanol–water partition coefficient (Wildman–Crippen LogP) is 5.66. The summed E-state index contributed by atoms with van der Waals surface area (Å²) < 4.78 is 0. The van der Waals surface area contributed by atoms with E-state index >= 15 is 0 Å². The molecule has 4 aliphatic rings. The number of aryl methyl sites for hydroxylation is 1. The fourth-order valence-electron chi connectivity index (χ4n) is 6.35. The Kier molecular flexibility index (Phi) is 7.64. The van der Waals surface area contributed by atoms with Gasteiger partial charge in [0.05, 0.1) is 12.0 Å². The number of hydrogen-bond donors (Lipinski definition) is 4. The summed E-state index contributed by atoms with van der Waals surface area (Å²) in [5.74, 6) is 1.32. The molecule has 6 nitrogen and oxygen atoms in total. The van der Waals surface area contributed by atoms with Gasteiger partial charge in [-0.1, -0.05) is 24.3 Å². The van der Waals surface area contributed by atoms with Crippen LogP contribution in [-0.2, 0) is 16.0 Å². The summed E-state index contributed by atoms with van der Waals surface area (Å²) in [4.78, 5) is 26.3. The molecular formula is C32H36N4O2S. The highest BCUT2D eigenvalue weighted by Gasteiger charge is 2.30. The Morgan fingerprint density at radius 1 is 0.769 bits per heavy atom. The van der Waals surface area contributed by atoms with E-state index in [2.05, 4.69) is 64.6 Å². The second kappa shape index (κ2) is 11.5. The first-order valence-corrected chi connectivity index (χ1v) is 14.9. The van der Waals surface area contributed by atoms with E-state index in [0.29, 0.717) is 18.3 Å². The Morgan fingerprint density at radius 3 is 2.08 bits per heavy atom. The summed E-state index contributed by atoms with van der Waals surface area (Å²) in [6, 6.07) is 16.7. The Bertz CT molecular complexity index is 1410. The summed E-state index contributed by atoms with van der Waals surface area (Å²) in [5.41, 5.74) is 7.87. The maximum Gasteiger partial charge on any atom is 0.256 e. The van der Waals surface area contributed by atoms with Crippen LogP contribution in [0, 0.1) is 6.92 Å². The van der Waals surface area contributed by atoms with Crippen LogP contribution < -0.4 is 21.3 Å². The second-order valence-corrected chi connectivity index (χ2v) is 12.2. The van der Waals surface area contributed by atoms with Gasteiger partial charge in [0.25, 0.3) is 5.91 Å². The third-order valence-corrected chi connectivity index (χ3v) is 9.24. The van der Waals surface area contributed by atoms with Crippen LogP contribution in [-0.4, -0.2) is 38.0 Å². The quantitative estimate of drug-likeness (QED) is 0.323. The molecule has 39 heavy (non-hydrogen) atoms. The highest BCUT2D eigenvalue weighted by molar-refractivity contribution is 7.12. The lowest BCUT2D eigenvalue weighted by Crippen LogP contribution is -2.27. The van der Waals surface area contributed by atoms with Crippen molar-refractivity contribution in [3.63, 3.8) is 0 Å². The minimum atomic E-state index is 0.0208. The molecule has 7 heteroatoms. The van der Waals surface area contributed by atoms with Gasteiger partial charge >= 0.3 is 0 Å². The molecule has 202 valence electrons. The van der Waals surface area contributed by atoms with Gasteiger partial charge in [-0.05, 0) is 118 Å². The molecule has 0 aliphatic carbocycles. The third kappa shape index (κ3) is 5.57. The predicted molar refractivity (Wildman–Crippen MR) is 160 cm³/mol. The molecule has 2 aromatic carbocycles. The highest BCUT2D eigenvalue weighted by Crippen LogP contribution is 2.41. The monoisotopic (exact) mass is 540 g/mol. The first kappa shape index (κ1) is 26.0. The number of hydrogen-bond acceptors (Lipinski definition) is 5. The minimum absolute atomic E-state index is 0.0208. The number of fused-ring (bicyclic) bond motifs is 2. The fraction of sp³-hybridized carbons (Fsp3) is 0.375. The molecule has 0 atom stereocenters. The van der Waals surface area contributed by atoms with E-state index in [1.807, 2.05) is 18.2 Å². The number of anilines is 2. The molecule has 5 heterocycles. The van der Waals surface area contributed by atoms with Gasteiger partial charge in [0.1, 0.15) is 0 Å². The van der Waals surface area contributed by atoms with Crippen LogP contribution in [0.5, 0.6) is 0 Å². The largest absolute Gasteiger partial charge is 0.326 e. The molecule has 3 aromatic rings. The summed E-state index contributed by atoms with van der Waals surface area (Å²) in [5, 5.41) is 12.8. The Morgan fingerprint density at radius 2 is 1.41 bits per heavy atom. The van der Waals surface area contributed by atoms with E-state index in [9.17, 15) is 9.59 Å². The van der Waals surface area contributed by atoms with Crippen molar-refractivity contribution in [1.82, 2.24) is 10.6 Å². The smallest absolute Gasteiger partial charge is 0.256 e. The van der Waals surface area contributed by atoms with Gasteiger partial charge in [-0.15, -0.1) is 11.3 Å². The topological polar surface area (TPSA) is 82.3 Å². The molecule has 2 amide bonds. The van der Waals surface area contributed by atoms with Crippen LogP contribution >= 0.6 is 11.3 Å². The first-order valence-electron chi connectivity index (χ1n) is 14.1. The van der Waals surface area contributed by atoms with E-state index in [1.165, 1.54) is 34.4 Å². The lowest BCUT2D eigenvalue weighted by molar-refractivity contribution is -0.115. The van der Waals surface area contributed by atoms with Crippen molar-refractivity contribution < 1.29 is 9.59 Å². The molecular weight excluding hydrogens is 504 g/mol.